The molecule has 0 saturated carbocycles. The van der Waals surface area contributed by atoms with Crippen molar-refractivity contribution in [2.75, 3.05) is 13.7 Å². The van der Waals surface area contributed by atoms with Crippen LogP contribution in [0.25, 0.3) is 11.3 Å². The minimum atomic E-state index is -0.451. The fraction of sp³-hybridized carbons (Fsp3) is 0.227. The number of rotatable bonds is 7. The first-order valence-corrected chi connectivity index (χ1v) is 9.43. The third kappa shape index (κ3) is 5.68. The van der Waals surface area contributed by atoms with Crippen LogP contribution < -0.4 is 20.1 Å². The number of methoxy groups -OCH3 is 1. The van der Waals surface area contributed by atoms with Gasteiger partial charge < -0.3 is 14.8 Å². The molecule has 7 nitrogen and oxygen atoms in total. The van der Waals surface area contributed by atoms with Gasteiger partial charge in [0.25, 0.3) is 0 Å². The Morgan fingerprint density at radius 1 is 1.14 bits per heavy atom. The molecule has 3 aromatic rings. The van der Waals surface area contributed by atoms with E-state index in [-0.39, 0.29) is 0 Å². The predicted octanol–water partition coefficient (Wildman–Crippen LogP) is 3.68. The molecule has 0 radical (unpaired) electrons. The number of benzene rings is 2. The monoisotopic (exact) mass is 392 g/mol. The molecule has 0 aliphatic rings. The summed E-state index contributed by atoms with van der Waals surface area (Å²) in [6.07, 6.45) is 0.864. The number of hydrogen-bond donors (Lipinski definition) is 2. The van der Waals surface area contributed by atoms with Crippen LogP contribution in [0.2, 0.25) is 0 Å². The zero-order chi connectivity index (χ0) is 20.5. The number of aromatic amines is 1. The summed E-state index contributed by atoms with van der Waals surface area (Å²) in [7, 11) is 1.61. The minimum Gasteiger partial charge on any atom is -0.497 e. The SMILES string of the molecule is CCCOc1cc(=NC(=O)NCc2ccc(OC)cc2)c(-c2ccccc2)n[nH]1. The lowest BCUT2D eigenvalue weighted by Gasteiger charge is -2.07. The van der Waals surface area contributed by atoms with Crippen molar-refractivity contribution in [2.24, 2.45) is 4.99 Å². The first-order chi connectivity index (χ1) is 14.2. The molecule has 0 atom stereocenters. The smallest absolute Gasteiger partial charge is 0.341 e. The summed E-state index contributed by atoms with van der Waals surface area (Å²) in [4.78, 5) is 16.7. The summed E-state index contributed by atoms with van der Waals surface area (Å²) in [6.45, 7) is 2.92. The van der Waals surface area contributed by atoms with Crippen LogP contribution in [0.15, 0.2) is 65.7 Å². The Bertz CT molecular complexity index is 999. The third-order valence-corrected chi connectivity index (χ3v) is 4.12. The lowest BCUT2D eigenvalue weighted by molar-refractivity contribution is 0.248. The van der Waals surface area contributed by atoms with Gasteiger partial charge in [-0.2, -0.15) is 10.1 Å². The van der Waals surface area contributed by atoms with E-state index in [1.807, 2.05) is 61.5 Å². The molecule has 1 aromatic heterocycles. The Labute approximate surface area is 169 Å². The number of ether oxygens (including phenoxy) is 2. The number of carbonyl (C=O) groups excluding carboxylic acids is 1. The molecule has 150 valence electrons. The second-order valence-electron chi connectivity index (χ2n) is 6.30. The topological polar surface area (TPSA) is 88.6 Å². The predicted molar refractivity (Wildman–Crippen MR) is 111 cm³/mol. The highest BCUT2D eigenvalue weighted by Crippen LogP contribution is 2.14. The lowest BCUT2D eigenvalue weighted by Crippen LogP contribution is -2.23. The molecule has 2 N–H and O–H groups in total. The Balaban J connectivity index is 1.83. The quantitative estimate of drug-likeness (QED) is 0.642. The van der Waals surface area contributed by atoms with Crippen molar-refractivity contribution in [1.82, 2.24) is 15.5 Å². The van der Waals surface area contributed by atoms with Crippen molar-refractivity contribution in [3.63, 3.8) is 0 Å². The molecule has 1 heterocycles. The van der Waals surface area contributed by atoms with Gasteiger partial charge in [-0.3, -0.25) is 0 Å². The molecule has 0 fully saturated rings. The molecule has 7 heteroatoms. The van der Waals surface area contributed by atoms with E-state index in [0.29, 0.717) is 30.1 Å². The van der Waals surface area contributed by atoms with Crippen LogP contribution in [-0.4, -0.2) is 29.9 Å². The van der Waals surface area contributed by atoms with Gasteiger partial charge in [-0.05, 0) is 24.1 Å². The highest BCUT2D eigenvalue weighted by Gasteiger charge is 2.08. The van der Waals surface area contributed by atoms with Gasteiger partial charge in [0.15, 0.2) is 0 Å². The highest BCUT2D eigenvalue weighted by atomic mass is 16.5. The molecule has 0 saturated heterocycles. The molecule has 0 bridgehead atoms. The van der Waals surface area contributed by atoms with Crippen molar-refractivity contribution < 1.29 is 14.3 Å². The van der Waals surface area contributed by atoms with E-state index in [0.717, 1.165) is 23.3 Å². The lowest BCUT2D eigenvalue weighted by atomic mass is 10.1. The number of H-pyrrole nitrogens is 1. The van der Waals surface area contributed by atoms with Crippen molar-refractivity contribution in [1.29, 1.82) is 0 Å². The molecule has 0 unspecified atom stereocenters. The van der Waals surface area contributed by atoms with Gasteiger partial charge in [0, 0.05) is 18.2 Å². The van der Waals surface area contributed by atoms with Gasteiger partial charge in [0.1, 0.15) is 16.8 Å². The molecule has 0 aliphatic heterocycles. The van der Waals surface area contributed by atoms with E-state index in [9.17, 15) is 4.79 Å². The maximum absolute atomic E-state index is 12.4. The standard InChI is InChI=1S/C22H24N4O3/c1-3-13-29-20-14-19(21(26-25-20)17-7-5-4-6-8-17)24-22(27)23-15-16-9-11-18(28-2)12-10-16/h4-12,14H,3,13,15H2,1-2H3,(H2,23,24,25,27). The number of amides is 2. The Morgan fingerprint density at radius 2 is 1.90 bits per heavy atom. The van der Waals surface area contributed by atoms with Crippen LogP contribution in [0, 0.1) is 0 Å². The highest BCUT2D eigenvalue weighted by molar-refractivity contribution is 5.75. The third-order valence-electron chi connectivity index (χ3n) is 4.12. The first kappa shape index (κ1) is 20.1. The molecular formula is C22H24N4O3. The Morgan fingerprint density at radius 3 is 2.59 bits per heavy atom. The van der Waals surface area contributed by atoms with E-state index in [1.165, 1.54) is 0 Å². The summed E-state index contributed by atoms with van der Waals surface area (Å²) < 4.78 is 10.7. The molecule has 29 heavy (non-hydrogen) atoms. The number of hydrogen-bond acceptors (Lipinski definition) is 4. The van der Waals surface area contributed by atoms with Crippen molar-refractivity contribution >= 4 is 6.03 Å². The molecule has 2 aromatic carbocycles. The summed E-state index contributed by atoms with van der Waals surface area (Å²) >= 11 is 0. The zero-order valence-electron chi connectivity index (χ0n) is 16.5. The van der Waals surface area contributed by atoms with Crippen LogP contribution >= 0.6 is 0 Å². The second kappa shape index (κ2) is 10.1. The average Bonchev–Trinajstić information content (AvgIpc) is 2.77. The van der Waals surface area contributed by atoms with Gasteiger partial charge in [-0.1, -0.05) is 49.4 Å². The van der Waals surface area contributed by atoms with Gasteiger partial charge >= 0.3 is 6.03 Å². The van der Waals surface area contributed by atoms with Crippen molar-refractivity contribution in [2.45, 2.75) is 19.9 Å². The Hall–Kier alpha value is -3.61. The molecular weight excluding hydrogens is 368 g/mol. The maximum Gasteiger partial charge on any atom is 0.341 e. The summed E-state index contributed by atoms with van der Waals surface area (Å²) in [5, 5.41) is 10.5. The molecule has 3 rings (SSSR count). The maximum atomic E-state index is 12.4. The number of carbonyl (C=O) groups is 1. The van der Waals surface area contributed by atoms with Crippen LogP contribution in [0.5, 0.6) is 11.6 Å². The largest absolute Gasteiger partial charge is 0.497 e. The zero-order valence-corrected chi connectivity index (χ0v) is 16.5. The number of nitrogens with one attached hydrogen (secondary N) is 2. The second-order valence-corrected chi connectivity index (χ2v) is 6.30. The van der Waals surface area contributed by atoms with Crippen LogP contribution in [-0.2, 0) is 6.54 Å². The van der Waals surface area contributed by atoms with Gasteiger partial charge in [0.2, 0.25) is 5.88 Å². The Kier molecular flexibility index (Phi) is 7.00. The van der Waals surface area contributed by atoms with Gasteiger partial charge in [-0.15, -0.1) is 0 Å². The summed E-state index contributed by atoms with van der Waals surface area (Å²) in [5.74, 6) is 1.23. The van der Waals surface area contributed by atoms with Gasteiger partial charge in [0.05, 0.1) is 13.7 Å². The van der Waals surface area contributed by atoms with Crippen molar-refractivity contribution in [3.8, 4) is 22.9 Å². The van der Waals surface area contributed by atoms with Crippen LogP contribution in [0.3, 0.4) is 0 Å². The van der Waals surface area contributed by atoms with E-state index in [2.05, 4.69) is 20.5 Å². The fourth-order valence-electron chi connectivity index (χ4n) is 2.64. The van der Waals surface area contributed by atoms with Crippen LogP contribution in [0.1, 0.15) is 18.9 Å². The number of nitrogens with zero attached hydrogens (tertiary/aromatic N) is 2. The van der Waals surface area contributed by atoms with Gasteiger partial charge in [-0.25, -0.2) is 9.89 Å². The van der Waals surface area contributed by atoms with E-state index >= 15 is 0 Å². The molecule has 0 spiro atoms. The average molecular weight is 392 g/mol. The molecule has 2 amide bonds. The summed E-state index contributed by atoms with van der Waals surface area (Å²) in [6, 6.07) is 18.3. The minimum absolute atomic E-state index is 0.360. The van der Waals surface area contributed by atoms with Crippen LogP contribution in [0.4, 0.5) is 4.79 Å². The normalized spacial score (nSPS) is 11.2. The first-order valence-electron chi connectivity index (χ1n) is 9.43. The van der Waals surface area contributed by atoms with E-state index in [4.69, 9.17) is 9.47 Å². The van der Waals surface area contributed by atoms with E-state index in [1.54, 1.807) is 13.2 Å². The molecule has 0 aliphatic carbocycles. The number of urea groups is 1. The fourth-order valence-corrected chi connectivity index (χ4v) is 2.64. The number of aromatic nitrogens is 2. The van der Waals surface area contributed by atoms with E-state index < -0.39 is 6.03 Å². The summed E-state index contributed by atoms with van der Waals surface area (Å²) in [5.41, 5.74) is 2.38. The van der Waals surface area contributed by atoms with Crippen molar-refractivity contribution in [3.05, 3.63) is 71.6 Å².